The molecule has 0 saturated carbocycles. The van der Waals surface area contributed by atoms with Crippen LogP contribution in [0.25, 0.3) is 0 Å². The van der Waals surface area contributed by atoms with E-state index in [0.717, 1.165) is 16.2 Å². The van der Waals surface area contributed by atoms with Gasteiger partial charge in [-0.1, -0.05) is 12.1 Å². The van der Waals surface area contributed by atoms with Gasteiger partial charge in [0.1, 0.15) is 5.82 Å². The Morgan fingerprint density at radius 1 is 1.58 bits per heavy atom. The van der Waals surface area contributed by atoms with Crippen molar-refractivity contribution in [2.75, 3.05) is 12.3 Å². The van der Waals surface area contributed by atoms with Crippen molar-refractivity contribution in [2.45, 2.75) is 10.8 Å². The third-order valence-corrected chi connectivity index (χ3v) is 3.44. The molecule has 1 unspecified atom stereocenters. The Hall–Kier alpha value is -0.540. The number of halogens is 1. The molecule has 0 aliphatic carbocycles. The Balaban J connectivity index is 2.46. The average Bonchev–Trinajstić information content (AvgIpc) is 2.49. The molecule has 2 N–H and O–H groups in total. The van der Waals surface area contributed by atoms with Crippen LogP contribution in [0.5, 0.6) is 0 Å². The molecular weight excluding hydrogens is 173 g/mol. The quantitative estimate of drug-likeness (QED) is 0.720. The Morgan fingerprint density at radius 2 is 2.42 bits per heavy atom. The van der Waals surface area contributed by atoms with Gasteiger partial charge in [-0.05, 0) is 11.6 Å². The topological polar surface area (TPSA) is 26.0 Å². The number of hydrogen-bond acceptors (Lipinski definition) is 2. The van der Waals surface area contributed by atoms with Crippen molar-refractivity contribution >= 4 is 11.8 Å². The van der Waals surface area contributed by atoms with Crippen LogP contribution in [0.15, 0.2) is 23.1 Å². The van der Waals surface area contributed by atoms with Crippen molar-refractivity contribution in [1.82, 2.24) is 0 Å². The second kappa shape index (κ2) is 3.07. The number of fused-ring (bicyclic) bond motifs is 1. The molecule has 1 nitrogen and oxygen atoms in total. The molecule has 1 aromatic rings. The van der Waals surface area contributed by atoms with Crippen LogP contribution < -0.4 is 5.73 Å². The zero-order chi connectivity index (χ0) is 8.55. The predicted octanol–water partition coefficient (Wildman–Crippen LogP) is 1.97. The van der Waals surface area contributed by atoms with Gasteiger partial charge in [0.05, 0.1) is 0 Å². The second-order valence-corrected chi connectivity index (χ2v) is 3.93. The van der Waals surface area contributed by atoms with Crippen molar-refractivity contribution in [2.24, 2.45) is 5.73 Å². The summed E-state index contributed by atoms with van der Waals surface area (Å²) in [5.74, 6) is 1.17. The van der Waals surface area contributed by atoms with Crippen molar-refractivity contribution in [3.63, 3.8) is 0 Å². The third-order valence-electron chi connectivity index (χ3n) is 2.15. The molecule has 1 heterocycles. The molecule has 2 rings (SSSR count). The number of rotatable bonds is 1. The van der Waals surface area contributed by atoms with Crippen LogP contribution >= 0.6 is 11.8 Å². The maximum Gasteiger partial charge on any atom is 0.137 e. The number of nitrogens with two attached hydrogens (primary N) is 1. The lowest BCUT2D eigenvalue weighted by molar-refractivity contribution is 0.596. The molecule has 0 bridgehead atoms. The van der Waals surface area contributed by atoms with E-state index in [0.29, 0.717) is 12.5 Å². The van der Waals surface area contributed by atoms with Gasteiger partial charge in [0.25, 0.3) is 0 Å². The normalized spacial score (nSPS) is 21.0. The minimum absolute atomic E-state index is 0.103. The van der Waals surface area contributed by atoms with Crippen molar-refractivity contribution in [1.29, 1.82) is 0 Å². The molecule has 1 aromatic carbocycles. The molecule has 0 aromatic heterocycles. The molecule has 0 spiro atoms. The minimum Gasteiger partial charge on any atom is -0.330 e. The molecule has 3 heteroatoms. The lowest BCUT2D eigenvalue weighted by atomic mass is 10.0. The van der Waals surface area contributed by atoms with Crippen LogP contribution in [0.3, 0.4) is 0 Å². The van der Waals surface area contributed by atoms with E-state index in [4.69, 9.17) is 5.73 Å². The van der Waals surface area contributed by atoms with Crippen molar-refractivity contribution in [3.05, 3.63) is 29.6 Å². The van der Waals surface area contributed by atoms with Gasteiger partial charge in [0, 0.05) is 23.1 Å². The first-order chi connectivity index (χ1) is 5.83. The Labute approximate surface area is 75.1 Å². The summed E-state index contributed by atoms with van der Waals surface area (Å²) in [5.41, 5.74) is 6.65. The third kappa shape index (κ3) is 1.13. The van der Waals surface area contributed by atoms with E-state index in [9.17, 15) is 4.39 Å². The van der Waals surface area contributed by atoms with Crippen molar-refractivity contribution < 1.29 is 4.39 Å². The number of benzene rings is 1. The van der Waals surface area contributed by atoms with Gasteiger partial charge in [-0.3, -0.25) is 0 Å². The van der Waals surface area contributed by atoms with E-state index >= 15 is 0 Å². The first-order valence-electron chi connectivity index (χ1n) is 3.94. The summed E-state index contributed by atoms with van der Waals surface area (Å²) in [6, 6.07) is 5.23. The maximum absolute atomic E-state index is 13.1. The monoisotopic (exact) mass is 183 g/mol. The Kier molecular flexibility index (Phi) is 2.07. The highest BCUT2D eigenvalue weighted by Crippen LogP contribution is 2.40. The molecule has 12 heavy (non-hydrogen) atoms. The van der Waals surface area contributed by atoms with E-state index in [1.54, 1.807) is 17.8 Å². The average molecular weight is 183 g/mol. The standard InChI is InChI=1S/C9H10FNS/c10-8-3-1-2-7-6(4-11)5-12-9(7)8/h1-3,6H,4-5,11H2. The van der Waals surface area contributed by atoms with Gasteiger partial charge in [0.15, 0.2) is 0 Å². The Bertz CT molecular complexity index is 301. The van der Waals surface area contributed by atoms with Crippen molar-refractivity contribution in [3.8, 4) is 0 Å². The van der Waals surface area contributed by atoms with Crippen LogP contribution in [-0.4, -0.2) is 12.3 Å². The molecule has 0 amide bonds. The van der Waals surface area contributed by atoms with Gasteiger partial charge >= 0.3 is 0 Å². The molecule has 0 fully saturated rings. The minimum atomic E-state index is -0.103. The van der Waals surface area contributed by atoms with Gasteiger partial charge in [-0.2, -0.15) is 0 Å². The van der Waals surface area contributed by atoms with Gasteiger partial charge in [-0.25, -0.2) is 4.39 Å². The molecule has 1 aliphatic heterocycles. The highest BCUT2D eigenvalue weighted by atomic mass is 32.2. The summed E-state index contributed by atoms with van der Waals surface area (Å²) >= 11 is 1.57. The summed E-state index contributed by atoms with van der Waals surface area (Å²) in [6.07, 6.45) is 0. The smallest absolute Gasteiger partial charge is 0.137 e. The number of thioether (sulfide) groups is 1. The Morgan fingerprint density at radius 3 is 3.17 bits per heavy atom. The second-order valence-electron chi connectivity index (χ2n) is 2.90. The predicted molar refractivity (Wildman–Crippen MR) is 48.9 cm³/mol. The van der Waals surface area contributed by atoms with Crippen LogP contribution in [-0.2, 0) is 0 Å². The zero-order valence-corrected chi connectivity index (χ0v) is 7.40. The molecule has 1 aliphatic rings. The highest BCUT2D eigenvalue weighted by molar-refractivity contribution is 7.99. The summed E-state index contributed by atoms with van der Waals surface area (Å²) in [6.45, 7) is 0.615. The van der Waals surface area contributed by atoms with E-state index in [1.165, 1.54) is 6.07 Å². The zero-order valence-electron chi connectivity index (χ0n) is 6.59. The molecule has 0 saturated heterocycles. The van der Waals surface area contributed by atoms with E-state index in [2.05, 4.69) is 0 Å². The largest absolute Gasteiger partial charge is 0.330 e. The van der Waals surface area contributed by atoms with Crippen LogP contribution in [0, 0.1) is 5.82 Å². The fourth-order valence-electron chi connectivity index (χ4n) is 1.47. The maximum atomic E-state index is 13.1. The summed E-state index contributed by atoms with van der Waals surface area (Å²) in [4.78, 5) is 0.799. The SMILES string of the molecule is NCC1CSc2c(F)cccc21. The first kappa shape index (κ1) is 8.08. The van der Waals surface area contributed by atoms with Crippen LogP contribution in [0.2, 0.25) is 0 Å². The van der Waals surface area contributed by atoms with Gasteiger partial charge < -0.3 is 5.73 Å². The van der Waals surface area contributed by atoms with E-state index in [-0.39, 0.29) is 5.82 Å². The lowest BCUT2D eigenvalue weighted by Crippen LogP contribution is -2.11. The first-order valence-corrected chi connectivity index (χ1v) is 4.92. The van der Waals surface area contributed by atoms with Crippen LogP contribution in [0.1, 0.15) is 11.5 Å². The summed E-state index contributed by atoms with van der Waals surface area (Å²) < 4.78 is 13.1. The lowest BCUT2D eigenvalue weighted by Gasteiger charge is -2.05. The molecule has 64 valence electrons. The fraction of sp³-hybridized carbons (Fsp3) is 0.333. The molecular formula is C9H10FNS. The molecule has 0 radical (unpaired) electrons. The molecule has 1 atom stereocenters. The number of hydrogen-bond donors (Lipinski definition) is 1. The summed E-state index contributed by atoms with van der Waals surface area (Å²) in [5, 5.41) is 0. The van der Waals surface area contributed by atoms with Crippen LogP contribution in [0.4, 0.5) is 4.39 Å². The van der Waals surface area contributed by atoms with E-state index < -0.39 is 0 Å². The van der Waals surface area contributed by atoms with Gasteiger partial charge in [-0.15, -0.1) is 11.8 Å². The fourth-order valence-corrected chi connectivity index (χ4v) is 2.76. The van der Waals surface area contributed by atoms with E-state index in [1.807, 2.05) is 6.07 Å². The summed E-state index contributed by atoms with van der Waals surface area (Å²) in [7, 11) is 0. The van der Waals surface area contributed by atoms with Gasteiger partial charge in [0.2, 0.25) is 0 Å². The highest BCUT2D eigenvalue weighted by Gasteiger charge is 2.23.